The Hall–Kier alpha value is -4.12. The normalized spacial score (nSPS) is 13.5. The zero-order valence-corrected chi connectivity index (χ0v) is 20.0. The molecule has 0 fully saturated rings. The summed E-state index contributed by atoms with van der Waals surface area (Å²) >= 11 is 0. The van der Waals surface area contributed by atoms with Crippen molar-refractivity contribution in [3.05, 3.63) is 88.7 Å². The summed E-state index contributed by atoms with van der Waals surface area (Å²) in [6.45, 7) is -1.50. The number of alkyl halides is 3. The fourth-order valence-corrected chi connectivity index (χ4v) is 4.14. The van der Waals surface area contributed by atoms with Crippen molar-refractivity contribution in [2.45, 2.75) is 32.2 Å². The lowest BCUT2D eigenvalue weighted by Gasteiger charge is -2.29. The van der Waals surface area contributed by atoms with Gasteiger partial charge in [0.25, 0.3) is 0 Å². The maximum absolute atomic E-state index is 14.7. The molecule has 38 heavy (non-hydrogen) atoms. The van der Waals surface area contributed by atoms with Gasteiger partial charge in [0.15, 0.2) is 6.61 Å². The zero-order chi connectivity index (χ0) is 27.3. The third-order valence-electron chi connectivity index (χ3n) is 5.80. The van der Waals surface area contributed by atoms with Crippen LogP contribution in [0.1, 0.15) is 22.3 Å². The third kappa shape index (κ3) is 7.00. The molecule has 0 aliphatic carbocycles. The number of benzene rings is 3. The van der Waals surface area contributed by atoms with Gasteiger partial charge >= 0.3 is 18.3 Å². The Morgan fingerprint density at radius 2 is 1.71 bits per heavy atom. The fourth-order valence-electron chi connectivity index (χ4n) is 4.14. The average Bonchev–Trinajstić information content (AvgIpc) is 2.87. The molecular formula is C27H23F4NO6. The number of carboxylic acid groups (broad SMARTS) is 1. The van der Waals surface area contributed by atoms with Crippen LogP contribution in [0.2, 0.25) is 0 Å². The third-order valence-corrected chi connectivity index (χ3v) is 5.80. The summed E-state index contributed by atoms with van der Waals surface area (Å²) in [7, 11) is 0. The van der Waals surface area contributed by atoms with E-state index >= 15 is 0 Å². The Morgan fingerprint density at radius 3 is 2.42 bits per heavy atom. The monoisotopic (exact) mass is 533 g/mol. The molecule has 0 bridgehead atoms. The minimum Gasteiger partial charge on any atom is -0.483 e. The van der Waals surface area contributed by atoms with Gasteiger partial charge in [-0.2, -0.15) is 13.2 Å². The van der Waals surface area contributed by atoms with Crippen molar-refractivity contribution in [1.29, 1.82) is 0 Å². The number of hydroxylamine groups is 2. The molecule has 3 aromatic carbocycles. The smallest absolute Gasteiger partial charge is 0.483 e. The summed E-state index contributed by atoms with van der Waals surface area (Å²) in [4.78, 5) is 28.8. The SMILES string of the molecule is O=C(O)Cc1ccc(OCC(F)(F)F)c(-c2ccc(F)c3c2CN(OC(=O)OCc2ccccc2)CC3)c1. The first-order valence-electron chi connectivity index (χ1n) is 11.6. The van der Waals surface area contributed by atoms with Crippen LogP contribution >= 0.6 is 0 Å². The predicted molar refractivity (Wildman–Crippen MR) is 127 cm³/mol. The molecule has 0 saturated carbocycles. The molecule has 1 heterocycles. The minimum atomic E-state index is -4.61. The van der Waals surface area contributed by atoms with E-state index in [0.717, 1.165) is 5.56 Å². The van der Waals surface area contributed by atoms with Gasteiger partial charge in [0.1, 0.15) is 18.2 Å². The van der Waals surface area contributed by atoms with Crippen LogP contribution in [0, 0.1) is 5.82 Å². The van der Waals surface area contributed by atoms with Crippen LogP contribution in [0.4, 0.5) is 22.4 Å². The highest BCUT2D eigenvalue weighted by molar-refractivity contribution is 5.77. The molecule has 0 saturated heterocycles. The molecule has 0 aromatic heterocycles. The molecule has 0 unspecified atom stereocenters. The zero-order valence-electron chi connectivity index (χ0n) is 20.0. The van der Waals surface area contributed by atoms with Gasteiger partial charge in [0, 0.05) is 12.1 Å². The highest BCUT2D eigenvalue weighted by Crippen LogP contribution is 2.38. The van der Waals surface area contributed by atoms with Crippen LogP contribution in [-0.2, 0) is 40.4 Å². The van der Waals surface area contributed by atoms with E-state index in [1.54, 1.807) is 24.3 Å². The van der Waals surface area contributed by atoms with Gasteiger partial charge < -0.3 is 19.4 Å². The minimum absolute atomic E-state index is 0.0136. The number of aliphatic carboxylic acids is 1. The second kappa shape index (κ2) is 11.5. The number of nitrogens with zero attached hydrogens (tertiary/aromatic N) is 1. The Kier molecular flexibility index (Phi) is 8.16. The van der Waals surface area contributed by atoms with Crippen LogP contribution in [0.3, 0.4) is 0 Å². The fraction of sp³-hybridized carbons (Fsp3) is 0.259. The lowest BCUT2D eigenvalue weighted by Crippen LogP contribution is -2.34. The van der Waals surface area contributed by atoms with Gasteiger partial charge in [-0.05, 0) is 52.4 Å². The predicted octanol–water partition coefficient (Wildman–Crippen LogP) is 5.69. The Bertz CT molecular complexity index is 1310. The molecule has 0 amide bonds. The van der Waals surface area contributed by atoms with Crippen molar-refractivity contribution in [3.63, 3.8) is 0 Å². The number of rotatable bonds is 8. The van der Waals surface area contributed by atoms with Crippen LogP contribution < -0.4 is 4.74 Å². The second-order valence-corrected chi connectivity index (χ2v) is 8.59. The number of carbonyl (C=O) groups excluding carboxylic acids is 1. The van der Waals surface area contributed by atoms with Crippen molar-refractivity contribution >= 4 is 12.1 Å². The number of halogens is 4. The van der Waals surface area contributed by atoms with Gasteiger partial charge in [-0.25, -0.2) is 9.18 Å². The first-order valence-corrected chi connectivity index (χ1v) is 11.6. The number of fused-ring (bicyclic) bond motifs is 1. The Labute approximate surface area is 215 Å². The van der Waals surface area contributed by atoms with Crippen LogP contribution in [-0.4, -0.2) is 41.6 Å². The largest absolute Gasteiger partial charge is 0.528 e. The molecule has 1 N–H and O–H groups in total. The summed E-state index contributed by atoms with van der Waals surface area (Å²) in [6, 6.07) is 15.5. The van der Waals surface area contributed by atoms with Crippen molar-refractivity contribution in [2.24, 2.45) is 0 Å². The maximum atomic E-state index is 14.7. The van der Waals surface area contributed by atoms with E-state index in [4.69, 9.17) is 14.3 Å². The average molecular weight is 533 g/mol. The van der Waals surface area contributed by atoms with Crippen molar-refractivity contribution in [2.75, 3.05) is 13.2 Å². The molecule has 7 nitrogen and oxygen atoms in total. The molecule has 0 spiro atoms. The first kappa shape index (κ1) is 26.9. The molecular weight excluding hydrogens is 510 g/mol. The number of hydrogen-bond acceptors (Lipinski definition) is 6. The van der Waals surface area contributed by atoms with Gasteiger partial charge in [0.2, 0.25) is 0 Å². The van der Waals surface area contributed by atoms with E-state index < -0.39 is 30.7 Å². The second-order valence-electron chi connectivity index (χ2n) is 8.59. The number of carboxylic acids is 1. The molecule has 4 rings (SSSR count). The molecule has 1 aliphatic heterocycles. The Morgan fingerprint density at radius 1 is 0.947 bits per heavy atom. The molecule has 200 valence electrons. The summed E-state index contributed by atoms with van der Waals surface area (Å²) in [5, 5.41) is 10.4. The lowest BCUT2D eigenvalue weighted by atomic mass is 9.90. The van der Waals surface area contributed by atoms with E-state index in [9.17, 15) is 32.3 Å². The summed E-state index contributed by atoms with van der Waals surface area (Å²) in [5.41, 5.74) is 2.25. The highest BCUT2D eigenvalue weighted by atomic mass is 19.4. The van der Waals surface area contributed by atoms with E-state index in [1.807, 2.05) is 6.07 Å². The van der Waals surface area contributed by atoms with E-state index in [2.05, 4.69) is 0 Å². The molecule has 0 radical (unpaired) electrons. The van der Waals surface area contributed by atoms with Gasteiger partial charge in [-0.15, -0.1) is 5.06 Å². The van der Waals surface area contributed by atoms with Gasteiger partial charge in [-0.1, -0.05) is 42.5 Å². The van der Waals surface area contributed by atoms with Crippen LogP contribution in [0.5, 0.6) is 5.75 Å². The molecule has 3 aromatic rings. The molecule has 0 atom stereocenters. The topological polar surface area (TPSA) is 85.3 Å². The van der Waals surface area contributed by atoms with Gasteiger partial charge in [0.05, 0.1) is 13.0 Å². The summed E-state index contributed by atoms with van der Waals surface area (Å²) in [5.74, 6) is -1.80. The number of ether oxygens (including phenoxy) is 2. The van der Waals surface area contributed by atoms with Crippen LogP contribution in [0.25, 0.3) is 11.1 Å². The number of hydrogen-bond donors (Lipinski definition) is 1. The first-order chi connectivity index (χ1) is 18.1. The van der Waals surface area contributed by atoms with E-state index in [1.165, 1.54) is 35.4 Å². The highest BCUT2D eigenvalue weighted by Gasteiger charge is 2.30. The standard InChI is InChI=1S/C27H23F4NO6/c28-23-8-7-19(21-12-18(13-25(33)34)6-9-24(21)37-16-27(29,30)31)22-14-32(11-10-20(22)23)38-26(35)36-15-17-4-2-1-3-5-17/h1-9,12H,10-11,13-16H2,(H,33,34). The summed E-state index contributed by atoms with van der Waals surface area (Å²) < 4.78 is 63.5. The van der Waals surface area contributed by atoms with Gasteiger partial charge in [-0.3, -0.25) is 4.79 Å². The van der Waals surface area contributed by atoms with Crippen LogP contribution in [0.15, 0.2) is 60.7 Å². The summed E-state index contributed by atoms with van der Waals surface area (Å²) in [6.07, 6.45) is -5.80. The maximum Gasteiger partial charge on any atom is 0.528 e. The van der Waals surface area contributed by atoms with Crippen molar-refractivity contribution in [3.8, 4) is 16.9 Å². The number of carbonyl (C=O) groups is 2. The molecule has 11 heteroatoms. The Balaban J connectivity index is 1.60. The van der Waals surface area contributed by atoms with E-state index in [-0.39, 0.29) is 43.9 Å². The quantitative estimate of drug-likeness (QED) is 0.294. The van der Waals surface area contributed by atoms with Crippen molar-refractivity contribution < 1.29 is 46.6 Å². The molecule has 1 aliphatic rings. The van der Waals surface area contributed by atoms with Crippen molar-refractivity contribution in [1.82, 2.24) is 5.06 Å². The van der Waals surface area contributed by atoms with E-state index in [0.29, 0.717) is 22.3 Å². The lowest BCUT2D eigenvalue weighted by molar-refractivity contribution is -0.153.